The summed E-state index contributed by atoms with van der Waals surface area (Å²) in [6.45, 7) is 4.60. The van der Waals surface area contributed by atoms with Crippen molar-refractivity contribution in [3.63, 3.8) is 0 Å². The minimum atomic E-state index is -4.45. The molecule has 0 saturated heterocycles. The van der Waals surface area contributed by atoms with Crippen LogP contribution in [-0.4, -0.2) is 30.9 Å². The van der Waals surface area contributed by atoms with Gasteiger partial charge < -0.3 is 10.6 Å². The van der Waals surface area contributed by atoms with Crippen LogP contribution in [0.15, 0.2) is 24.3 Å². The Bertz CT molecular complexity index is 504. The summed E-state index contributed by atoms with van der Waals surface area (Å²) < 4.78 is 38.7. The molecule has 0 aromatic heterocycles. The standard InChI is InChI=1S/C15H21F3N2O.ClH/c1-14(2,9-19)10-20(3)13(21)8-11-6-4-5-7-12(11)15(16,17)18;/h4-7H,8-10,19H2,1-3H3;1H. The van der Waals surface area contributed by atoms with Crippen LogP contribution < -0.4 is 5.73 Å². The Labute approximate surface area is 135 Å². The lowest BCUT2D eigenvalue weighted by molar-refractivity contribution is -0.138. The van der Waals surface area contributed by atoms with Gasteiger partial charge in [-0.15, -0.1) is 12.4 Å². The summed E-state index contributed by atoms with van der Waals surface area (Å²) in [6, 6.07) is 5.15. The average Bonchev–Trinajstić information content (AvgIpc) is 2.37. The smallest absolute Gasteiger partial charge is 0.345 e. The van der Waals surface area contributed by atoms with Crippen molar-refractivity contribution >= 4 is 18.3 Å². The second kappa shape index (κ2) is 7.83. The summed E-state index contributed by atoms with van der Waals surface area (Å²) in [5, 5.41) is 0. The summed E-state index contributed by atoms with van der Waals surface area (Å²) in [7, 11) is 1.58. The van der Waals surface area contributed by atoms with E-state index in [4.69, 9.17) is 5.73 Å². The zero-order chi connectivity index (χ0) is 16.3. The van der Waals surface area contributed by atoms with E-state index in [0.29, 0.717) is 13.1 Å². The van der Waals surface area contributed by atoms with E-state index in [9.17, 15) is 18.0 Å². The van der Waals surface area contributed by atoms with Gasteiger partial charge in [-0.25, -0.2) is 0 Å². The molecule has 7 heteroatoms. The molecule has 1 amide bonds. The highest BCUT2D eigenvalue weighted by molar-refractivity contribution is 5.85. The Morgan fingerprint density at radius 1 is 1.23 bits per heavy atom. The summed E-state index contributed by atoms with van der Waals surface area (Å²) >= 11 is 0. The SMILES string of the molecule is CN(CC(C)(C)CN)C(=O)Cc1ccccc1C(F)(F)F.Cl. The van der Waals surface area contributed by atoms with E-state index in [1.54, 1.807) is 7.05 Å². The van der Waals surface area contributed by atoms with E-state index in [1.807, 2.05) is 13.8 Å². The minimum absolute atomic E-state index is 0. The first-order valence-electron chi connectivity index (χ1n) is 6.66. The first-order chi connectivity index (χ1) is 9.57. The number of carbonyl (C=O) groups is 1. The molecule has 3 nitrogen and oxygen atoms in total. The van der Waals surface area contributed by atoms with Crippen LogP contribution in [0.5, 0.6) is 0 Å². The molecule has 0 spiro atoms. The highest BCUT2D eigenvalue weighted by atomic mass is 35.5. The van der Waals surface area contributed by atoms with Gasteiger partial charge in [0.2, 0.25) is 5.91 Å². The van der Waals surface area contributed by atoms with Gasteiger partial charge in [-0.1, -0.05) is 32.0 Å². The number of likely N-dealkylation sites (N-methyl/N-ethyl adjacent to an activating group) is 1. The number of hydrogen-bond donors (Lipinski definition) is 1. The summed E-state index contributed by atoms with van der Waals surface area (Å²) in [4.78, 5) is 13.5. The van der Waals surface area contributed by atoms with Crippen molar-refractivity contribution in [2.75, 3.05) is 20.1 Å². The molecule has 0 unspecified atom stereocenters. The second-order valence-corrected chi connectivity index (χ2v) is 5.95. The Morgan fingerprint density at radius 2 is 1.77 bits per heavy atom. The molecule has 1 aromatic rings. The molecule has 22 heavy (non-hydrogen) atoms. The van der Waals surface area contributed by atoms with Gasteiger partial charge in [0, 0.05) is 13.6 Å². The molecule has 0 saturated carbocycles. The van der Waals surface area contributed by atoms with Gasteiger partial charge in [0.1, 0.15) is 0 Å². The van der Waals surface area contributed by atoms with Crippen molar-refractivity contribution in [2.24, 2.45) is 11.1 Å². The lowest BCUT2D eigenvalue weighted by atomic mass is 9.93. The van der Waals surface area contributed by atoms with Gasteiger partial charge in [0.05, 0.1) is 12.0 Å². The predicted octanol–water partition coefficient (Wildman–Crippen LogP) is 3.11. The van der Waals surface area contributed by atoms with Crippen molar-refractivity contribution in [2.45, 2.75) is 26.4 Å². The maximum Gasteiger partial charge on any atom is 0.416 e. The topological polar surface area (TPSA) is 46.3 Å². The molecule has 0 aliphatic carbocycles. The molecule has 0 aliphatic heterocycles. The molecule has 1 aromatic carbocycles. The molecular weight excluding hydrogens is 317 g/mol. The third-order valence-corrected chi connectivity index (χ3v) is 3.31. The van der Waals surface area contributed by atoms with Crippen LogP contribution >= 0.6 is 12.4 Å². The zero-order valence-corrected chi connectivity index (χ0v) is 13.7. The fraction of sp³-hybridized carbons (Fsp3) is 0.533. The van der Waals surface area contributed by atoms with Gasteiger partial charge >= 0.3 is 6.18 Å². The fourth-order valence-electron chi connectivity index (χ4n) is 2.04. The first kappa shape index (κ1) is 20.7. The number of hydrogen-bond acceptors (Lipinski definition) is 2. The molecule has 0 fully saturated rings. The molecule has 0 bridgehead atoms. The molecule has 0 atom stereocenters. The van der Waals surface area contributed by atoms with E-state index < -0.39 is 11.7 Å². The van der Waals surface area contributed by atoms with Crippen LogP contribution in [0.2, 0.25) is 0 Å². The second-order valence-electron chi connectivity index (χ2n) is 5.95. The predicted molar refractivity (Wildman–Crippen MR) is 82.9 cm³/mol. The number of benzene rings is 1. The lowest BCUT2D eigenvalue weighted by Crippen LogP contribution is -2.40. The van der Waals surface area contributed by atoms with E-state index in [0.717, 1.165) is 6.07 Å². The van der Waals surface area contributed by atoms with E-state index in [1.165, 1.54) is 23.1 Å². The van der Waals surface area contributed by atoms with Gasteiger partial charge in [-0.2, -0.15) is 13.2 Å². The van der Waals surface area contributed by atoms with Gasteiger partial charge in [0.15, 0.2) is 0 Å². The van der Waals surface area contributed by atoms with Crippen LogP contribution in [0, 0.1) is 5.41 Å². The molecule has 1 rings (SSSR count). The van der Waals surface area contributed by atoms with Crippen molar-refractivity contribution in [1.29, 1.82) is 0 Å². The molecule has 2 N–H and O–H groups in total. The highest BCUT2D eigenvalue weighted by Gasteiger charge is 2.33. The van der Waals surface area contributed by atoms with Gasteiger partial charge in [0.25, 0.3) is 0 Å². The van der Waals surface area contributed by atoms with Crippen LogP contribution in [-0.2, 0) is 17.4 Å². The van der Waals surface area contributed by atoms with Crippen molar-refractivity contribution in [1.82, 2.24) is 4.90 Å². The fourth-order valence-corrected chi connectivity index (χ4v) is 2.04. The van der Waals surface area contributed by atoms with Crippen LogP contribution in [0.4, 0.5) is 13.2 Å². The van der Waals surface area contributed by atoms with Crippen molar-refractivity contribution < 1.29 is 18.0 Å². The molecule has 0 radical (unpaired) electrons. The Kier molecular flexibility index (Phi) is 7.38. The number of amides is 1. The number of nitrogens with two attached hydrogens (primary N) is 1. The van der Waals surface area contributed by atoms with Crippen molar-refractivity contribution in [3.8, 4) is 0 Å². The summed E-state index contributed by atoms with van der Waals surface area (Å²) in [5.41, 5.74) is 4.57. The number of halogens is 4. The van der Waals surface area contributed by atoms with Crippen LogP contribution in [0.1, 0.15) is 25.0 Å². The Hall–Kier alpha value is -1.27. The van der Waals surface area contributed by atoms with Crippen LogP contribution in [0.3, 0.4) is 0 Å². The monoisotopic (exact) mass is 338 g/mol. The first-order valence-corrected chi connectivity index (χ1v) is 6.66. The normalized spacial score (nSPS) is 11.8. The van der Waals surface area contributed by atoms with Crippen molar-refractivity contribution in [3.05, 3.63) is 35.4 Å². The molecular formula is C15H22ClF3N2O. The third-order valence-electron chi connectivity index (χ3n) is 3.31. The molecule has 0 aliphatic rings. The zero-order valence-electron chi connectivity index (χ0n) is 12.9. The quantitative estimate of drug-likeness (QED) is 0.896. The third kappa shape index (κ3) is 5.85. The van der Waals surface area contributed by atoms with E-state index in [2.05, 4.69) is 0 Å². The Morgan fingerprint density at radius 3 is 2.27 bits per heavy atom. The number of alkyl halides is 3. The summed E-state index contributed by atoms with van der Waals surface area (Å²) in [6.07, 6.45) is -4.72. The minimum Gasteiger partial charge on any atom is -0.345 e. The highest BCUT2D eigenvalue weighted by Crippen LogP contribution is 2.32. The Balaban J connectivity index is 0.00000441. The van der Waals surface area contributed by atoms with E-state index in [-0.39, 0.29) is 35.7 Å². The molecule has 126 valence electrons. The number of rotatable bonds is 5. The summed E-state index contributed by atoms with van der Waals surface area (Å²) in [5.74, 6) is -0.353. The largest absolute Gasteiger partial charge is 0.416 e. The maximum absolute atomic E-state index is 12.9. The average molecular weight is 339 g/mol. The number of carbonyl (C=O) groups excluding carboxylic acids is 1. The maximum atomic E-state index is 12.9. The van der Waals surface area contributed by atoms with E-state index >= 15 is 0 Å². The van der Waals surface area contributed by atoms with Gasteiger partial charge in [-0.05, 0) is 23.6 Å². The molecule has 0 heterocycles. The number of nitrogens with zero attached hydrogens (tertiary/aromatic N) is 1. The van der Waals surface area contributed by atoms with Gasteiger partial charge in [-0.3, -0.25) is 4.79 Å². The lowest BCUT2D eigenvalue weighted by Gasteiger charge is -2.29. The van der Waals surface area contributed by atoms with Crippen LogP contribution in [0.25, 0.3) is 0 Å².